The lowest BCUT2D eigenvalue weighted by Crippen LogP contribution is -2.35. The summed E-state index contributed by atoms with van der Waals surface area (Å²) in [5, 5.41) is 5.87. The van der Waals surface area contributed by atoms with Gasteiger partial charge in [0.1, 0.15) is 0 Å². The van der Waals surface area contributed by atoms with E-state index >= 15 is 0 Å². The summed E-state index contributed by atoms with van der Waals surface area (Å²) < 4.78 is 0. The van der Waals surface area contributed by atoms with Crippen LogP contribution in [-0.4, -0.2) is 24.0 Å². The molecule has 0 unspecified atom stereocenters. The van der Waals surface area contributed by atoms with Crippen LogP contribution in [0.1, 0.15) is 25.5 Å². The minimum Gasteiger partial charge on any atom is -0.348 e. The number of carbonyl (C=O) groups excluding carboxylic acids is 1. The zero-order chi connectivity index (χ0) is 11.1. The first-order valence-electron chi connectivity index (χ1n) is 5.14. The van der Waals surface area contributed by atoms with Crippen LogP contribution in [-0.2, 0) is 4.79 Å². The molecule has 1 rings (SSSR count). The topological polar surface area (TPSA) is 54.0 Å². The van der Waals surface area contributed by atoms with Gasteiger partial charge < -0.3 is 10.6 Å². The maximum Gasteiger partial charge on any atom is 0.234 e. The highest BCUT2D eigenvalue weighted by molar-refractivity contribution is 5.78. The molecule has 82 valence electrons. The molecule has 1 amide bonds. The molecule has 2 N–H and O–H groups in total. The molecule has 0 bridgehead atoms. The third-order valence-electron chi connectivity index (χ3n) is 2.10. The fraction of sp³-hybridized carbons (Fsp3) is 0.455. The minimum atomic E-state index is 0.00450. The molecule has 0 fully saturated rings. The van der Waals surface area contributed by atoms with E-state index < -0.39 is 0 Å². The number of likely N-dealkylation sites (N-methyl/N-ethyl adjacent to an activating group) is 1. The van der Waals surface area contributed by atoms with Crippen LogP contribution in [0.15, 0.2) is 24.5 Å². The first-order valence-corrected chi connectivity index (χ1v) is 5.14. The Labute approximate surface area is 90.1 Å². The quantitative estimate of drug-likeness (QED) is 0.753. The molecule has 0 aliphatic rings. The number of amides is 1. The summed E-state index contributed by atoms with van der Waals surface area (Å²) in [6.07, 6.45) is 3.48. The molecule has 0 saturated carbocycles. The molecule has 1 aromatic rings. The van der Waals surface area contributed by atoms with E-state index in [0.717, 1.165) is 12.1 Å². The van der Waals surface area contributed by atoms with Crippen molar-refractivity contribution in [1.29, 1.82) is 0 Å². The maximum atomic E-state index is 11.4. The number of pyridine rings is 1. The van der Waals surface area contributed by atoms with Gasteiger partial charge >= 0.3 is 0 Å². The molecule has 0 saturated heterocycles. The zero-order valence-electron chi connectivity index (χ0n) is 9.16. The smallest absolute Gasteiger partial charge is 0.234 e. The van der Waals surface area contributed by atoms with Gasteiger partial charge in [-0.05, 0) is 25.1 Å². The highest BCUT2D eigenvalue weighted by atomic mass is 16.1. The summed E-state index contributed by atoms with van der Waals surface area (Å²) in [6.45, 7) is 5.08. The average Bonchev–Trinajstić information content (AvgIpc) is 2.27. The molecule has 4 nitrogen and oxygen atoms in total. The van der Waals surface area contributed by atoms with Crippen LogP contribution in [0.4, 0.5) is 0 Å². The molecule has 1 heterocycles. The highest BCUT2D eigenvalue weighted by Crippen LogP contribution is 2.08. The van der Waals surface area contributed by atoms with Crippen LogP contribution in [0, 0.1) is 0 Å². The predicted octanol–water partition coefficient (Wildman–Crippen LogP) is 0.868. The van der Waals surface area contributed by atoms with E-state index in [9.17, 15) is 4.79 Å². The summed E-state index contributed by atoms with van der Waals surface area (Å²) in [5.41, 5.74) is 1.02. The Balaban J connectivity index is 2.42. The zero-order valence-corrected chi connectivity index (χ0v) is 9.16. The summed E-state index contributed by atoms with van der Waals surface area (Å²) in [4.78, 5) is 15.4. The van der Waals surface area contributed by atoms with E-state index in [1.54, 1.807) is 12.4 Å². The Morgan fingerprint density at radius 2 is 2.40 bits per heavy atom. The van der Waals surface area contributed by atoms with Gasteiger partial charge in [-0.25, -0.2) is 0 Å². The van der Waals surface area contributed by atoms with Gasteiger partial charge in [-0.1, -0.05) is 13.0 Å². The molecule has 0 aromatic carbocycles. The van der Waals surface area contributed by atoms with Crippen molar-refractivity contribution in [2.45, 2.75) is 19.9 Å². The lowest BCUT2D eigenvalue weighted by molar-refractivity contribution is -0.120. The molecule has 4 heteroatoms. The van der Waals surface area contributed by atoms with Gasteiger partial charge in [0.05, 0.1) is 12.6 Å². The molecular weight excluding hydrogens is 190 g/mol. The SMILES string of the molecule is CCNCC(=O)N[C@@H](C)c1cccnc1. The van der Waals surface area contributed by atoms with E-state index in [1.807, 2.05) is 26.0 Å². The van der Waals surface area contributed by atoms with Crippen molar-refractivity contribution in [3.63, 3.8) is 0 Å². The van der Waals surface area contributed by atoms with Gasteiger partial charge in [0.15, 0.2) is 0 Å². The van der Waals surface area contributed by atoms with Gasteiger partial charge in [0.2, 0.25) is 5.91 Å². The second-order valence-electron chi connectivity index (χ2n) is 3.36. The Morgan fingerprint density at radius 1 is 1.60 bits per heavy atom. The van der Waals surface area contributed by atoms with Crippen molar-refractivity contribution >= 4 is 5.91 Å². The van der Waals surface area contributed by atoms with Gasteiger partial charge in [-0.2, -0.15) is 0 Å². The highest BCUT2D eigenvalue weighted by Gasteiger charge is 2.08. The number of aromatic nitrogens is 1. The molecule has 15 heavy (non-hydrogen) atoms. The van der Waals surface area contributed by atoms with Crippen molar-refractivity contribution in [1.82, 2.24) is 15.6 Å². The van der Waals surface area contributed by atoms with Crippen molar-refractivity contribution in [2.75, 3.05) is 13.1 Å². The van der Waals surface area contributed by atoms with Crippen molar-refractivity contribution < 1.29 is 4.79 Å². The van der Waals surface area contributed by atoms with Crippen LogP contribution in [0.3, 0.4) is 0 Å². The number of hydrogen-bond donors (Lipinski definition) is 2. The van der Waals surface area contributed by atoms with E-state index in [1.165, 1.54) is 0 Å². The lowest BCUT2D eigenvalue weighted by Gasteiger charge is -2.13. The summed E-state index contributed by atoms with van der Waals surface area (Å²) in [7, 11) is 0. The summed E-state index contributed by atoms with van der Waals surface area (Å²) >= 11 is 0. The number of carbonyl (C=O) groups is 1. The maximum absolute atomic E-state index is 11.4. The van der Waals surface area contributed by atoms with E-state index in [0.29, 0.717) is 6.54 Å². The lowest BCUT2D eigenvalue weighted by atomic mass is 10.1. The predicted molar refractivity (Wildman–Crippen MR) is 59.3 cm³/mol. The van der Waals surface area contributed by atoms with Gasteiger partial charge in [0.25, 0.3) is 0 Å². The first kappa shape index (κ1) is 11.7. The Hall–Kier alpha value is -1.42. The minimum absolute atomic E-state index is 0.00450. The fourth-order valence-electron chi connectivity index (χ4n) is 1.25. The largest absolute Gasteiger partial charge is 0.348 e. The van der Waals surface area contributed by atoms with Gasteiger partial charge in [-0.3, -0.25) is 9.78 Å². The van der Waals surface area contributed by atoms with Crippen LogP contribution in [0.2, 0.25) is 0 Å². The summed E-state index contributed by atoms with van der Waals surface area (Å²) in [6, 6.07) is 3.82. The van der Waals surface area contributed by atoms with Crippen molar-refractivity contribution in [3.05, 3.63) is 30.1 Å². The van der Waals surface area contributed by atoms with E-state index in [-0.39, 0.29) is 11.9 Å². The molecule has 1 aromatic heterocycles. The van der Waals surface area contributed by atoms with E-state index in [2.05, 4.69) is 15.6 Å². The normalized spacial score (nSPS) is 12.1. The molecule has 0 radical (unpaired) electrons. The van der Waals surface area contributed by atoms with E-state index in [4.69, 9.17) is 0 Å². The first-order chi connectivity index (χ1) is 7.24. The van der Waals surface area contributed by atoms with Crippen LogP contribution in [0.5, 0.6) is 0 Å². The van der Waals surface area contributed by atoms with Crippen molar-refractivity contribution in [3.8, 4) is 0 Å². The molecule has 0 aliphatic carbocycles. The van der Waals surface area contributed by atoms with Crippen LogP contribution in [0.25, 0.3) is 0 Å². The standard InChI is InChI=1S/C11H17N3O/c1-3-12-8-11(15)14-9(2)10-5-4-6-13-7-10/h4-7,9,12H,3,8H2,1-2H3,(H,14,15)/t9-/m0/s1. The Morgan fingerprint density at radius 3 is 3.00 bits per heavy atom. The molecule has 1 atom stereocenters. The van der Waals surface area contributed by atoms with Crippen LogP contribution >= 0.6 is 0 Å². The summed E-state index contributed by atoms with van der Waals surface area (Å²) in [5.74, 6) is 0.00760. The molecular formula is C11H17N3O. The fourth-order valence-corrected chi connectivity index (χ4v) is 1.25. The monoisotopic (exact) mass is 207 g/mol. The Bertz CT molecular complexity index is 300. The number of nitrogens with zero attached hydrogens (tertiary/aromatic N) is 1. The average molecular weight is 207 g/mol. The molecule has 0 aliphatic heterocycles. The van der Waals surface area contributed by atoms with Crippen molar-refractivity contribution in [2.24, 2.45) is 0 Å². The molecule has 0 spiro atoms. The Kier molecular flexibility index (Phi) is 4.77. The number of nitrogens with one attached hydrogen (secondary N) is 2. The van der Waals surface area contributed by atoms with Crippen LogP contribution < -0.4 is 10.6 Å². The third kappa shape index (κ3) is 4.08. The number of rotatable bonds is 5. The van der Waals surface area contributed by atoms with Gasteiger partial charge in [-0.15, -0.1) is 0 Å². The number of hydrogen-bond acceptors (Lipinski definition) is 3. The second-order valence-corrected chi connectivity index (χ2v) is 3.36. The third-order valence-corrected chi connectivity index (χ3v) is 2.10. The second kappa shape index (κ2) is 6.14. The van der Waals surface area contributed by atoms with Gasteiger partial charge in [0, 0.05) is 12.4 Å².